The summed E-state index contributed by atoms with van der Waals surface area (Å²) in [5.74, 6) is 0.794. The molecule has 1 saturated heterocycles. The summed E-state index contributed by atoms with van der Waals surface area (Å²) in [6.45, 7) is 2.67. The van der Waals surface area contributed by atoms with Crippen molar-refractivity contribution < 1.29 is 22.5 Å². The minimum atomic E-state index is -4.41. The van der Waals surface area contributed by atoms with Crippen LogP contribution in [0.15, 0.2) is 45.6 Å². The van der Waals surface area contributed by atoms with E-state index in [1.807, 2.05) is 16.8 Å². The van der Waals surface area contributed by atoms with Crippen molar-refractivity contribution in [1.29, 1.82) is 0 Å². The maximum absolute atomic E-state index is 12.7. The smallest absolute Gasteiger partial charge is 0.338 e. The number of aromatic nitrogens is 2. The lowest BCUT2D eigenvalue weighted by molar-refractivity contribution is -0.137. The first kappa shape index (κ1) is 19.6. The normalized spacial score (nSPS) is 15.6. The second-order valence-electron chi connectivity index (χ2n) is 6.67. The molecule has 3 heterocycles. The Morgan fingerprint density at radius 1 is 1.10 bits per heavy atom. The first-order valence-electron chi connectivity index (χ1n) is 8.94. The summed E-state index contributed by atoms with van der Waals surface area (Å²) in [4.78, 5) is 20.7. The maximum Gasteiger partial charge on any atom is 0.416 e. The molecule has 3 aromatic rings. The Labute approximate surface area is 168 Å². The molecular formula is C19H17F3N4O2S. The highest BCUT2D eigenvalue weighted by Crippen LogP contribution is 2.29. The lowest BCUT2D eigenvalue weighted by Gasteiger charge is -2.34. The molecule has 0 N–H and O–H groups in total. The molecule has 2 aromatic heterocycles. The molecule has 1 aliphatic heterocycles. The zero-order valence-corrected chi connectivity index (χ0v) is 16.0. The van der Waals surface area contributed by atoms with Crippen molar-refractivity contribution in [2.75, 3.05) is 26.2 Å². The largest absolute Gasteiger partial charge is 0.416 e. The first-order chi connectivity index (χ1) is 13.9. The van der Waals surface area contributed by atoms with E-state index in [1.165, 1.54) is 12.1 Å². The number of halogens is 3. The summed E-state index contributed by atoms with van der Waals surface area (Å²) in [5.41, 5.74) is 0.404. The highest BCUT2D eigenvalue weighted by Gasteiger charge is 2.31. The molecule has 0 spiro atoms. The summed E-state index contributed by atoms with van der Waals surface area (Å²) in [7, 11) is 0. The fourth-order valence-electron chi connectivity index (χ4n) is 3.11. The van der Waals surface area contributed by atoms with Crippen LogP contribution in [-0.4, -0.2) is 52.0 Å². The Hall–Kier alpha value is -2.72. The van der Waals surface area contributed by atoms with Crippen LogP contribution in [0, 0.1) is 0 Å². The molecule has 10 heteroatoms. The van der Waals surface area contributed by atoms with Crippen molar-refractivity contribution >= 4 is 17.2 Å². The van der Waals surface area contributed by atoms with Crippen LogP contribution in [0.5, 0.6) is 0 Å². The van der Waals surface area contributed by atoms with Crippen LogP contribution in [-0.2, 0) is 12.7 Å². The van der Waals surface area contributed by atoms with E-state index in [0.717, 1.165) is 17.7 Å². The second kappa shape index (κ2) is 7.96. The number of benzene rings is 1. The quantitative estimate of drug-likeness (QED) is 0.641. The Bertz CT molecular complexity index is 962. The van der Waals surface area contributed by atoms with Crippen LogP contribution in [0.3, 0.4) is 0 Å². The number of hydrogen-bond donors (Lipinski definition) is 0. The van der Waals surface area contributed by atoms with E-state index in [0.29, 0.717) is 44.4 Å². The number of amides is 1. The SMILES string of the molecule is O=C(c1ccc(C(F)(F)F)cc1)N1CCN(Cc2nc(-c3ccsc3)no2)CC1. The Morgan fingerprint density at radius 2 is 1.83 bits per heavy atom. The van der Waals surface area contributed by atoms with E-state index in [1.54, 1.807) is 16.2 Å². The van der Waals surface area contributed by atoms with Crippen LogP contribution in [0.1, 0.15) is 21.8 Å². The third kappa shape index (κ3) is 4.48. The van der Waals surface area contributed by atoms with Gasteiger partial charge in [0.2, 0.25) is 11.7 Å². The van der Waals surface area contributed by atoms with Crippen molar-refractivity contribution in [2.45, 2.75) is 12.7 Å². The van der Waals surface area contributed by atoms with E-state index < -0.39 is 11.7 Å². The van der Waals surface area contributed by atoms with Crippen molar-refractivity contribution in [1.82, 2.24) is 19.9 Å². The molecule has 29 heavy (non-hydrogen) atoms. The molecule has 0 aliphatic carbocycles. The molecule has 0 saturated carbocycles. The Morgan fingerprint density at radius 3 is 2.45 bits per heavy atom. The van der Waals surface area contributed by atoms with E-state index in [2.05, 4.69) is 15.0 Å². The average Bonchev–Trinajstić information content (AvgIpc) is 3.39. The summed E-state index contributed by atoms with van der Waals surface area (Å²) < 4.78 is 43.3. The molecule has 0 atom stereocenters. The monoisotopic (exact) mass is 422 g/mol. The van der Waals surface area contributed by atoms with Gasteiger partial charge in [0.05, 0.1) is 12.1 Å². The molecule has 1 amide bonds. The van der Waals surface area contributed by atoms with Crippen molar-refractivity contribution in [2.24, 2.45) is 0 Å². The van der Waals surface area contributed by atoms with Crippen molar-refractivity contribution in [3.05, 3.63) is 58.1 Å². The van der Waals surface area contributed by atoms with Gasteiger partial charge in [0.1, 0.15) is 0 Å². The third-order valence-corrected chi connectivity index (χ3v) is 5.41. The Kier molecular flexibility index (Phi) is 5.37. The van der Waals surface area contributed by atoms with Gasteiger partial charge >= 0.3 is 6.18 Å². The van der Waals surface area contributed by atoms with Gasteiger partial charge in [-0.1, -0.05) is 5.16 Å². The first-order valence-corrected chi connectivity index (χ1v) is 9.88. The van der Waals surface area contributed by atoms with Crippen LogP contribution < -0.4 is 0 Å². The molecule has 1 fully saturated rings. The number of carbonyl (C=O) groups is 1. The predicted octanol–water partition coefficient (Wildman–Crippen LogP) is 3.77. The van der Waals surface area contributed by atoms with E-state index in [9.17, 15) is 18.0 Å². The number of rotatable bonds is 4. The van der Waals surface area contributed by atoms with E-state index >= 15 is 0 Å². The number of hydrogen-bond acceptors (Lipinski definition) is 6. The van der Waals surface area contributed by atoms with Crippen LogP contribution in [0.2, 0.25) is 0 Å². The van der Waals surface area contributed by atoms with Gasteiger partial charge in [0, 0.05) is 42.7 Å². The van der Waals surface area contributed by atoms with Gasteiger partial charge in [-0.3, -0.25) is 9.69 Å². The van der Waals surface area contributed by atoms with E-state index in [4.69, 9.17) is 4.52 Å². The lowest BCUT2D eigenvalue weighted by atomic mass is 10.1. The van der Waals surface area contributed by atoms with Crippen molar-refractivity contribution in [3.63, 3.8) is 0 Å². The minimum absolute atomic E-state index is 0.253. The molecule has 1 aromatic carbocycles. The number of nitrogens with zero attached hydrogens (tertiary/aromatic N) is 4. The van der Waals surface area contributed by atoms with Gasteiger partial charge < -0.3 is 9.42 Å². The van der Waals surface area contributed by atoms with Crippen LogP contribution >= 0.6 is 11.3 Å². The second-order valence-corrected chi connectivity index (χ2v) is 7.45. The zero-order valence-electron chi connectivity index (χ0n) is 15.2. The molecule has 1 aliphatic rings. The molecule has 0 radical (unpaired) electrons. The predicted molar refractivity (Wildman–Crippen MR) is 100 cm³/mol. The molecule has 6 nitrogen and oxygen atoms in total. The van der Waals surface area contributed by atoms with Gasteiger partial charge in [-0.2, -0.15) is 29.5 Å². The number of carbonyl (C=O) groups excluding carboxylic acids is 1. The van der Waals surface area contributed by atoms with E-state index in [-0.39, 0.29) is 11.5 Å². The molecular weight excluding hydrogens is 405 g/mol. The van der Waals surface area contributed by atoms with Crippen LogP contribution in [0.25, 0.3) is 11.4 Å². The Balaban J connectivity index is 1.31. The molecule has 0 unspecified atom stereocenters. The van der Waals surface area contributed by atoms with Gasteiger partial charge in [-0.15, -0.1) is 0 Å². The summed E-state index contributed by atoms with van der Waals surface area (Å²) in [6.07, 6.45) is -4.41. The van der Waals surface area contributed by atoms with Crippen LogP contribution in [0.4, 0.5) is 13.2 Å². The van der Waals surface area contributed by atoms with Gasteiger partial charge in [-0.25, -0.2) is 0 Å². The van der Waals surface area contributed by atoms with Gasteiger partial charge in [-0.05, 0) is 35.7 Å². The topological polar surface area (TPSA) is 62.5 Å². The summed E-state index contributed by atoms with van der Waals surface area (Å²) >= 11 is 1.56. The zero-order chi connectivity index (χ0) is 20.4. The number of thiophene rings is 1. The summed E-state index contributed by atoms with van der Waals surface area (Å²) in [5, 5.41) is 7.87. The highest BCUT2D eigenvalue weighted by atomic mass is 32.1. The fraction of sp³-hybridized carbons (Fsp3) is 0.316. The van der Waals surface area contributed by atoms with Gasteiger partial charge in [0.15, 0.2) is 0 Å². The number of piperazine rings is 1. The highest BCUT2D eigenvalue weighted by molar-refractivity contribution is 7.08. The minimum Gasteiger partial charge on any atom is -0.338 e. The standard InChI is InChI=1S/C19H17F3N4O2S/c20-19(21,22)15-3-1-13(2-4-15)18(27)26-8-6-25(7-9-26)11-16-23-17(24-28-16)14-5-10-29-12-14/h1-5,10,12H,6-9,11H2. The number of alkyl halides is 3. The third-order valence-electron chi connectivity index (χ3n) is 4.73. The van der Waals surface area contributed by atoms with Crippen molar-refractivity contribution in [3.8, 4) is 11.4 Å². The molecule has 152 valence electrons. The average molecular weight is 422 g/mol. The lowest BCUT2D eigenvalue weighted by Crippen LogP contribution is -2.48. The fourth-order valence-corrected chi connectivity index (χ4v) is 3.75. The molecule has 0 bridgehead atoms. The molecule has 4 rings (SSSR count). The summed E-state index contributed by atoms with van der Waals surface area (Å²) in [6, 6.07) is 6.24. The maximum atomic E-state index is 12.7. The van der Waals surface area contributed by atoms with Gasteiger partial charge in [0.25, 0.3) is 5.91 Å².